The van der Waals surface area contributed by atoms with E-state index in [-0.39, 0.29) is 18.2 Å². The Morgan fingerprint density at radius 3 is 2.50 bits per heavy atom. The van der Waals surface area contributed by atoms with E-state index in [4.69, 9.17) is 0 Å². The van der Waals surface area contributed by atoms with Crippen LogP contribution in [0.5, 0.6) is 0 Å². The molecule has 1 aromatic heterocycles. The molecule has 6 heteroatoms. The summed E-state index contributed by atoms with van der Waals surface area (Å²) in [5.41, 5.74) is 1.02. The number of hydrogen-bond acceptors (Lipinski definition) is 3. The second-order valence-electron chi connectivity index (χ2n) is 5.10. The lowest BCUT2D eigenvalue weighted by atomic mass is 10.2. The number of nitrogens with zero attached hydrogens (tertiary/aromatic N) is 2. The minimum Gasteiger partial charge on any atom is -0.359 e. The number of aromatic nitrogens is 1. The molecule has 1 saturated heterocycles. The Hall–Kier alpha value is -2.89. The number of anilines is 1. The van der Waals surface area contributed by atoms with E-state index in [2.05, 4.69) is 4.98 Å². The molecule has 0 radical (unpaired) electrons. The number of imide groups is 1. The molecule has 1 atom stereocenters. The van der Waals surface area contributed by atoms with E-state index in [0.29, 0.717) is 11.4 Å². The van der Waals surface area contributed by atoms with Gasteiger partial charge in [-0.2, -0.15) is 0 Å². The Bertz CT molecular complexity index is 710. The van der Waals surface area contributed by atoms with Gasteiger partial charge in [-0.15, -0.1) is 0 Å². The van der Waals surface area contributed by atoms with Crippen molar-refractivity contribution in [3.63, 3.8) is 0 Å². The largest absolute Gasteiger partial charge is 0.359 e. The van der Waals surface area contributed by atoms with Crippen molar-refractivity contribution >= 4 is 23.4 Å². The van der Waals surface area contributed by atoms with Crippen LogP contribution in [0.25, 0.3) is 0 Å². The monoisotopic (exact) mass is 297 g/mol. The minimum absolute atomic E-state index is 0.258. The molecule has 0 aliphatic carbocycles. The van der Waals surface area contributed by atoms with Crippen molar-refractivity contribution in [1.29, 1.82) is 0 Å². The van der Waals surface area contributed by atoms with Crippen molar-refractivity contribution in [2.45, 2.75) is 13.0 Å². The lowest BCUT2D eigenvalue weighted by molar-refractivity contribution is -0.126. The number of Topliss-reactive ketones (excluding diaryl/α,β-unsaturated/α-hetero) is 1. The van der Waals surface area contributed by atoms with Gasteiger partial charge in [-0.05, 0) is 31.2 Å². The topological polar surface area (TPSA) is 73.5 Å². The zero-order valence-corrected chi connectivity index (χ0v) is 12.0. The van der Waals surface area contributed by atoms with E-state index in [1.54, 1.807) is 49.5 Å². The molecule has 1 aliphatic rings. The predicted molar refractivity (Wildman–Crippen MR) is 80.6 cm³/mol. The predicted octanol–water partition coefficient (Wildman–Crippen LogP) is 2.05. The Labute approximate surface area is 127 Å². The van der Waals surface area contributed by atoms with Crippen molar-refractivity contribution in [2.75, 3.05) is 11.4 Å². The molecular formula is C16H15N3O3. The highest BCUT2D eigenvalue weighted by Crippen LogP contribution is 2.25. The van der Waals surface area contributed by atoms with E-state index < -0.39 is 12.1 Å². The van der Waals surface area contributed by atoms with Crippen molar-refractivity contribution in [2.24, 2.45) is 0 Å². The van der Waals surface area contributed by atoms with E-state index in [1.807, 2.05) is 6.07 Å². The van der Waals surface area contributed by atoms with Gasteiger partial charge in [0.2, 0.25) is 0 Å². The standard InChI is InChI=1S/C16H15N3O3/c1-11-15(21)18(10-14(20)13-8-5-9-17-13)16(22)19(11)12-6-3-2-4-7-12/h2-9,11,17H,10H2,1H3. The first-order valence-corrected chi connectivity index (χ1v) is 6.96. The molecule has 3 amide bonds. The summed E-state index contributed by atoms with van der Waals surface area (Å²) in [6.45, 7) is 1.40. The number of urea groups is 1. The van der Waals surface area contributed by atoms with E-state index >= 15 is 0 Å². The number of ketones is 1. The minimum atomic E-state index is -0.619. The maximum atomic E-state index is 12.5. The maximum Gasteiger partial charge on any atom is 0.332 e. The zero-order valence-electron chi connectivity index (χ0n) is 12.0. The Balaban J connectivity index is 1.83. The molecule has 1 unspecified atom stereocenters. The third-order valence-electron chi connectivity index (χ3n) is 3.68. The van der Waals surface area contributed by atoms with Crippen LogP contribution in [0.1, 0.15) is 17.4 Å². The van der Waals surface area contributed by atoms with Crippen LogP contribution in [0.3, 0.4) is 0 Å². The second kappa shape index (κ2) is 5.48. The lowest BCUT2D eigenvalue weighted by Gasteiger charge is -2.19. The smallest absolute Gasteiger partial charge is 0.332 e. The number of amides is 3. The Morgan fingerprint density at radius 2 is 1.86 bits per heavy atom. The number of H-pyrrole nitrogens is 1. The van der Waals surface area contributed by atoms with E-state index in [0.717, 1.165) is 4.90 Å². The normalized spacial score (nSPS) is 18.1. The van der Waals surface area contributed by atoms with Crippen molar-refractivity contribution in [1.82, 2.24) is 9.88 Å². The van der Waals surface area contributed by atoms with Crippen molar-refractivity contribution < 1.29 is 14.4 Å². The summed E-state index contributed by atoms with van der Waals surface area (Å²) in [7, 11) is 0. The molecule has 2 aromatic rings. The zero-order chi connectivity index (χ0) is 15.7. The molecule has 2 heterocycles. The van der Waals surface area contributed by atoms with E-state index in [9.17, 15) is 14.4 Å². The molecule has 1 fully saturated rings. The first kappa shape index (κ1) is 14.1. The van der Waals surface area contributed by atoms with Crippen LogP contribution >= 0.6 is 0 Å². The number of para-hydroxylation sites is 1. The number of carbonyl (C=O) groups is 3. The number of benzene rings is 1. The highest BCUT2D eigenvalue weighted by Gasteiger charge is 2.44. The summed E-state index contributed by atoms with van der Waals surface area (Å²) < 4.78 is 0. The summed E-state index contributed by atoms with van der Waals surface area (Å²) in [5, 5.41) is 0. The van der Waals surface area contributed by atoms with Crippen LogP contribution in [0.4, 0.5) is 10.5 Å². The molecule has 1 N–H and O–H groups in total. The van der Waals surface area contributed by atoms with Crippen LogP contribution in [-0.4, -0.2) is 40.2 Å². The molecule has 1 aromatic carbocycles. The molecule has 1 aliphatic heterocycles. The number of rotatable bonds is 4. The molecular weight excluding hydrogens is 282 g/mol. The molecule has 3 rings (SSSR count). The third kappa shape index (κ3) is 2.28. The summed E-state index contributed by atoms with van der Waals surface area (Å²) in [6.07, 6.45) is 1.62. The first-order chi connectivity index (χ1) is 10.6. The van der Waals surface area contributed by atoms with Crippen LogP contribution < -0.4 is 4.90 Å². The maximum absolute atomic E-state index is 12.5. The molecule has 112 valence electrons. The van der Waals surface area contributed by atoms with Gasteiger partial charge in [-0.25, -0.2) is 4.79 Å². The van der Waals surface area contributed by atoms with Gasteiger partial charge in [0.25, 0.3) is 5.91 Å². The van der Waals surface area contributed by atoms with Crippen molar-refractivity contribution in [3.8, 4) is 0 Å². The highest BCUT2D eigenvalue weighted by molar-refractivity contribution is 6.16. The van der Waals surface area contributed by atoms with Crippen LogP contribution in [-0.2, 0) is 4.79 Å². The number of carbonyl (C=O) groups excluding carboxylic acids is 3. The van der Waals surface area contributed by atoms with Crippen LogP contribution in [0, 0.1) is 0 Å². The van der Waals surface area contributed by atoms with Gasteiger partial charge < -0.3 is 4.98 Å². The number of nitrogens with one attached hydrogen (secondary N) is 1. The van der Waals surface area contributed by atoms with Gasteiger partial charge in [-0.3, -0.25) is 19.4 Å². The van der Waals surface area contributed by atoms with Gasteiger partial charge in [-0.1, -0.05) is 18.2 Å². The number of hydrogen-bond donors (Lipinski definition) is 1. The molecule has 0 saturated carbocycles. The van der Waals surface area contributed by atoms with Crippen molar-refractivity contribution in [3.05, 3.63) is 54.4 Å². The third-order valence-corrected chi connectivity index (χ3v) is 3.68. The Kier molecular flexibility index (Phi) is 3.50. The van der Waals surface area contributed by atoms with Gasteiger partial charge in [0, 0.05) is 11.9 Å². The Morgan fingerprint density at radius 1 is 1.14 bits per heavy atom. The molecule has 0 spiro atoms. The number of aromatic amines is 1. The fourth-order valence-electron chi connectivity index (χ4n) is 2.53. The molecule has 6 nitrogen and oxygen atoms in total. The lowest BCUT2D eigenvalue weighted by Crippen LogP contribution is -2.37. The second-order valence-corrected chi connectivity index (χ2v) is 5.10. The summed E-state index contributed by atoms with van der Waals surface area (Å²) in [5.74, 6) is -0.664. The van der Waals surface area contributed by atoms with Gasteiger partial charge >= 0.3 is 6.03 Å². The molecule has 22 heavy (non-hydrogen) atoms. The fourth-order valence-corrected chi connectivity index (χ4v) is 2.53. The molecule has 0 bridgehead atoms. The average Bonchev–Trinajstić information content (AvgIpc) is 3.13. The first-order valence-electron chi connectivity index (χ1n) is 6.96. The summed E-state index contributed by atoms with van der Waals surface area (Å²) in [6, 6.07) is 11.2. The SMILES string of the molecule is CC1C(=O)N(CC(=O)c2ccc[nH]2)C(=O)N1c1ccccc1. The fraction of sp³-hybridized carbons (Fsp3) is 0.188. The highest BCUT2D eigenvalue weighted by atomic mass is 16.2. The summed E-state index contributed by atoms with van der Waals surface area (Å²) in [4.78, 5) is 42.1. The quantitative estimate of drug-likeness (QED) is 0.693. The van der Waals surface area contributed by atoms with Gasteiger partial charge in [0.15, 0.2) is 5.78 Å². The summed E-state index contributed by atoms with van der Waals surface area (Å²) >= 11 is 0. The van der Waals surface area contributed by atoms with Gasteiger partial charge in [0.05, 0.1) is 12.2 Å². The van der Waals surface area contributed by atoms with E-state index in [1.165, 1.54) is 4.90 Å². The average molecular weight is 297 g/mol. The van der Waals surface area contributed by atoms with Gasteiger partial charge in [0.1, 0.15) is 6.04 Å². The van der Waals surface area contributed by atoms with Crippen LogP contribution in [0.15, 0.2) is 48.7 Å². The van der Waals surface area contributed by atoms with Crippen LogP contribution in [0.2, 0.25) is 0 Å².